The van der Waals surface area contributed by atoms with Crippen LogP contribution in [0.5, 0.6) is 0 Å². The van der Waals surface area contributed by atoms with Crippen molar-refractivity contribution < 1.29 is 36.6 Å². The number of aryl methyl sites for hydroxylation is 2. The van der Waals surface area contributed by atoms with Crippen molar-refractivity contribution >= 4 is 33.1 Å². The van der Waals surface area contributed by atoms with E-state index in [9.17, 15) is 26.7 Å². The SMILES string of the molecule is Cc1ncc(-c2nc(-c3cc(S(=O)(=O)NC45CCC(O)(CC4)C5)ccc3C)cnc2N)s1.O=C(O)C(F)(F)F. The van der Waals surface area contributed by atoms with Gasteiger partial charge in [-0.2, -0.15) is 13.2 Å². The number of nitrogens with zero attached hydrogens (tertiary/aromatic N) is 3. The van der Waals surface area contributed by atoms with Crippen molar-refractivity contribution in [1.82, 2.24) is 19.7 Å². The van der Waals surface area contributed by atoms with Gasteiger partial charge in [0.1, 0.15) is 5.69 Å². The maximum atomic E-state index is 13.3. The normalized spacial score (nSPS) is 22.4. The summed E-state index contributed by atoms with van der Waals surface area (Å²) in [4.78, 5) is 23.1. The number of aliphatic hydroxyl groups is 1. The molecule has 5 rings (SSSR count). The van der Waals surface area contributed by atoms with E-state index >= 15 is 0 Å². The number of benzene rings is 1. The summed E-state index contributed by atoms with van der Waals surface area (Å²) in [7, 11) is -3.77. The van der Waals surface area contributed by atoms with E-state index in [4.69, 9.17) is 20.6 Å². The number of fused-ring (bicyclic) bond motifs is 2. The van der Waals surface area contributed by atoms with E-state index in [2.05, 4.69) is 14.7 Å². The highest BCUT2D eigenvalue weighted by Gasteiger charge is 2.55. The first-order valence-electron chi connectivity index (χ1n) is 11.8. The fourth-order valence-corrected chi connectivity index (χ4v) is 7.14. The first kappa shape index (κ1) is 28.9. The second kappa shape index (κ2) is 10.1. The summed E-state index contributed by atoms with van der Waals surface area (Å²) in [6.45, 7) is 3.81. The number of nitrogens with one attached hydrogen (secondary N) is 1. The van der Waals surface area contributed by atoms with E-state index in [1.165, 1.54) is 11.3 Å². The van der Waals surface area contributed by atoms with Crippen LogP contribution in [0.4, 0.5) is 19.0 Å². The lowest BCUT2D eigenvalue weighted by atomic mass is 9.94. The Kier molecular flexibility index (Phi) is 7.48. The summed E-state index contributed by atoms with van der Waals surface area (Å²) in [6.07, 6.45) is 1.24. The topological polar surface area (TPSA) is 168 Å². The van der Waals surface area contributed by atoms with Gasteiger partial charge in [0.25, 0.3) is 0 Å². The fraction of sp³-hybridized carbons (Fsp3) is 0.417. The third-order valence-electron chi connectivity index (χ3n) is 6.85. The number of hydrogen-bond acceptors (Lipinski definition) is 9. The molecular weight excluding hydrogens is 559 g/mol. The van der Waals surface area contributed by atoms with E-state index < -0.39 is 33.3 Å². The largest absolute Gasteiger partial charge is 0.490 e. The number of carbonyl (C=O) groups is 1. The lowest BCUT2D eigenvalue weighted by molar-refractivity contribution is -0.192. The summed E-state index contributed by atoms with van der Waals surface area (Å²) in [5.41, 5.74) is 7.41. The summed E-state index contributed by atoms with van der Waals surface area (Å²) < 4.78 is 61.2. The Morgan fingerprint density at radius 3 is 2.28 bits per heavy atom. The zero-order valence-electron chi connectivity index (χ0n) is 20.9. The molecule has 0 aliphatic heterocycles. The van der Waals surface area contributed by atoms with E-state index in [1.807, 2.05) is 13.8 Å². The number of nitrogen functional groups attached to an aromatic ring is 1. The minimum atomic E-state index is -5.08. The molecule has 2 aliphatic rings. The van der Waals surface area contributed by atoms with Crippen LogP contribution < -0.4 is 10.5 Å². The molecule has 2 heterocycles. The Balaban J connectivity index is 0.000000448. The minimum absolute atomic E-state index is 0.170. The third-order valence-corrected chi connectivity index (χ3v) is 9.35. The molecule has 2 aromatic heterocycles. The average Bonchev–Trinajstić information content (AvgIpc) is 3.51. The van der Waals surface area contributed by atoms with E-state index in [0.29, 0.717) is 54.9 Å². The maximum absolute atomic E-state index is 13.3. The van der Waals surface area contributed by atoms with Gasteiger partial charge in [0, 0.05) is 17.3 Å². The molecule has 5 N–H and O–H groups in total. The molecule has 15 heteroatoms. The maximum Gasteiger partial charge on any atom is 0.490 e. The zero-order valence-corrected chi connectivity index (χ0v) is 22.5. The van der Waals surface area contributed by atoms with E-state index in [0.717, 1.165) is 15.4 Å². The molecule has 0 saturated heterocycles. The van der Waals surface area contributed by atoms with Gasteiger partial charge in [0.15, 0.2) is 5.82 Å². The number of anilines is 1. The smallest absolute Gasteiger partial charge is 0.475 e. The molecule has 10 nitrogen and oxygen atoms in total. The number of hydrogen-bond donors (Lipinski definition) is 4. The van der Waals surface area contributed by atoms with Crippen LogP contribution in [0.15, 0.2) is 35.5 Å². The molecule has 39 heavy (non-hydrogen) atoms. The number of aliphatic carboxylic acids is 1. The first-order chi connectivity index (χ1) is 18.0. The highest BCUT2D eigenvalue weighted by atomic mass is 32.2. The van der Waals surface area contributed by atoms with Crippen LogP contribution in [-0.4, -0.2) is 56.9 Å². The van der Waals surface area contributed by atoms with Crippen molar-refractivity contribution in [2.75, 3.05) is 5.73 Å². The number of nitrogens with two attached hydrogens (primary N) is 1. The monoisotopic (exact) mass is 585 g/mol. The zero-order chi connectivity index (χ0) is 28.8. The predicted molar refractivity (Wildman–Crippen MR) is 137 cm³/mol. The second-order valence-corrected chi connectivity index (χ2v) is 12.7. The van der Waals surface area contributed by atoms with Gasteiger partial charge >= 0.3 is 12.1 Å². The molecule has 3 aromatic rings. The van der Waals surface area contributed by atoms with Crippen molar-refractivity contribution in [2.45, 2.75) is 68.2 Å². The number of thiazole rings is 1. The van der Waals surface area contributed by atoms with Gasteiger partial charge in [-0.1, -0.05) is 6.07 Å². The molecule has 0 unspecified atom stereocenters. The van der Waals surface area contributed by atoms with Crippen LogP contribution in [0.25, 0.3) is 21.8 Å². The molecular formula is C24H26F3N5O5S2. The average molecular weight is 586 g/mol. The van der Waals surface area contributed by atoms with Gasteiger partial charge in [-0.05, 0) is 63.6 Å². The number of aromatic nitrogens is 3. The molecule has 2 saturated carbocycles. The molecule has 0 radical (unpaired) electrons. The van der Waals surface area contributed by atoms with Crippen LogP contribution in [0.2, 0.25) is 0 Å². The standard InChI is InChI=1S/C22H25N5O3S2.C2HF3O2/c1-13-3-4-15(32(29,30)27-21-5-7-22(28,12-21)8-6-21)9-16(13)17-10-25-20(23)19(26-17)18-11-24-14(2)31-18;3-2(4,5)1(6)7/h3-4,9-11,27-28H,5-8,12H2,1-2H3,(H2,23,25);(H,6,7). The number of carboxylic acids is 1. The highest BCUT2D eigenvalue weighted by Crippen LogP contribution is 2.51. The summed E-state index contributed by atoms with van der Waals surface area (Å²) in [6, 6.07) is 5.01. The number of rotatable bonds is 5. The van der Waals surface area contributed by atoms with E-state index in [1.54, 1.807) is 30.6 Å². The first-order valence-corrected chi connectivity index (χ1v) is 14.1. The minimum Gasteiger partial charge on any atom is -0.475 e. The fourth-order valence-electron chi connectivity index (χ4n) is 4.88. The Morgan fingerprint density at radius 1 is 1.13 bits per heavy atom. The van der Waals surface area contributed by atoms with Crippen molar-refractivity contribution in [1.29, 1.82) is 0 Å². The molecule has 1 aromatic carbocycles. The molecule has 0 atom stereocenters. The molecule has 2 fully saturated rings. The number of halogens is 3. The molecule has 0 spiro atoms. The lowest BCUT2D eigenvalue weighted by Crippen LogP contribution is -2.44. The lowest BCUT2D eigenvalue weighted by Gasteiger charge is -2.27. The van der Waals surface area contributed by atoms with Crippen LogP contribution in [0, 0.1) is 13.8 Å². The quantitative estimate of drug-likeness (QED) is 0.348. The van der Waals surface area contributed by atoms with Gasteiger partial charge in [-0.3, -0.25) is 0 Å². The Hall–Kier alpha value is -3.14. The van der Waals surface area contributed by atoms with Crippen molar-refractivity contribution in [3.8, 4) is 21.8 Å². The number of alkyl halides is 3. The van der Waals surface area contributed by atoms with Crippen LogP contribution >= 0.6 is 11.3 Å². The van der Waals surface area contributed by atoms with E-state index in [-0.39, 0.29) is 4.90 Å². The number of carboxylic acid groups (broad SMARTS) is 1. The Labute approximate surface area is 226 Å². The van der Waals surface area contributed by atoms with Gasteiger partial charge in [0.05, 0.1) is 32.3 Å². The molecule has 0 amide bonds. The second-order valence-electron chi connectivity index (χ2n) is 9.80. The van der Waals surface area contributed by atoms with Crippen molar-refractivity contribution in [3.63, 3.8) is 0 Å². The van der Waals surface area contributed by atoms with Gasteiger partial charge in [-0.15, -0.1) is 11.3 Å². The van der Waals surface area contributed by atoms with Gasteiger partial charge < -0.3 is 15.9 Å². The van der Waals surface area contributed by atoms with Gasteiger partial charge in [0.2, 0.25) is 10.0 Å². The predicted octanol–water partition coefficient (Wildman–Crippen LogP) is 3.83. The Bertz CT molecular complexity index is 1520. The van der Waals surface area contributed by atoms with Crippen molar-refractivity contribution in [2.24, 2.45) is 0 Å². The van der Waals surface area contributed by atoms with Gasteiger partial charge in [-0.25, -0.2) is 32.9 Å². The summed E-state index contributed by atoms with van der Waals surface area (Å²) >= 11 is 1.47. The third kappa shape index (κ3) is 6.21. The molecule has 210 valence electrons. The van der Waals surface area contributed by atoms with Crippen LogP contribution in [-0.2, 0) is 14.8 Å². The molecule has 2 aliphatic carbocycles. The van der Waals surface area contributed by atoms with Crippen LogP contribution in [0.1, 0.15) is 42.7 Å². The van der Waals surface area contributed by atoms with Crippen molar-refractivity contribution in [3.05, 3.63) is 41.2 Å². The highest BCUT2D eigenvalue weighted by molar-refractivity contribution is 7.89. The Morgan fingerprint density at radius 2 is 1.77 bits per heavy atom. The summed E-state index contributed by atoms with van der Waals surface area (Å²) in [5, 5.41) is 18.5. The number of sulfonamides is 1. The molecule has 2 bridgehead atoms. The van der Waals surface area contributed by atoms with Crippen LogP contribution in [0.3, 0.4) is 0 Å². The summed E-state index contributed by atoms with van der Waals surface area (Å²) in [5.74, 6) is -2.46.